The Morgan fingerprint density at radius 1 is 1.09 bits per heavy atom. The van der Waals surface area contributed by atoms with Gasteiger partial charge in [0.1, 0.15) is 0 Å². The largest absolute Gasteiger partial charge is 0.322 e. The van der Waals surface area contributed by atoms with Crippen molar-refractivity contribution in [2.45, 2.75) is 25.9 Å². The van der Waals surface area contributed by atoms with Gasteiger partial charge in [-0.15, -0.1) is 0 Å². The zero-order valence-corrected chi connectivity index (χ0v) is 12.9. The Kier molecular flexibility index (Phi) is 3.52. The first-order chi connectivity index (χ1) is 10.9. The second-order valence-corrected chi connectivity index (χ2v) is 5.81. The molecule has 6 nitrogen and oxygen atoms in total. The van der Waals surface area contributed by atoms with E-state index in [-0.39, 0.29) is 12.1 Å². The highest BCUT2D eigenvalue weighted by molar-refractivity contribution is 6.07. The van der Waals surface area contributed by atoms with Gasteiger partial charge in [-0.25, -0.2) is 4.79 Å². The molecule has 0 radical (unpaired) electrons. The third-order valence-corrected chi connectivity index (χ3v) is 4.07. The van der Waals surface area contributed by atoms with Crippen LogP contribution < -0.4 is 16.2 Å². The van der Waals surface area contributed by atoms with Crippen molar-refractivity contribution < 1.29 is 9.59 Å². The minimum absolute atomic E-state index is 0.0362. The van der Waals surface area contributed by atoms with Crippen molar-refractivity contribution in [2.24, 2.45) is 0 Å². The summed E-state index contributed by atoms with van der Waals surface area (Å²) in [5, 5.41) is 4.97. The van der Waals surface area contributed by atoms with Crippen molar-refractivity contribution in [2.75, 3.05) is 0 Å². The predicted octanol–water partition coefficient (Wildman–Crippen LogP) is 1.20. The monoisotopic (exact) mass is 311 g/mol. The molecule has 1 aromatic carbocycles. The van der Waals surface area contributed by atoms with Gasteiger partial charge in [0.2, 0.25) is 0 Å². The molecule has 0 bridgehead atoms. The number of aryl methyl sites for hydroxylation is 2. The van der Waals surface area contributed by atoms with E-state index in [4.69, 9.17) is 0 Å². The van der Waals surface area contributed by atoms with Crippen LogP contribution in [-0.2, 0) is 16.9 Å². The summed E-state index contributed by atoms with van der Waals surface area (Å²) >= 11 is 0. The molecule has 0 saturated carbocycles. The maximum atomic E-state index is 12.5. The topological polar surface area (TPSA) is 80.2 Å². The first-order valence-corrected chi connectivity index (χ1v) is 7.29. The van der Waals surface area contributed by atoms with E-state index in [0.717, 1.165) is 5.56 Å². The number of carbonyl (C=O) groups is 2. The SMILES string of the molecule is Cc1cccc(C2(Cn3cccc(C)c3=O)NC(=O)NC2=O)c1. The summed E-state index contributed by atoms with van der Waals surface area (Å²) in [7, 11) is 0. The molecule has 1 atom stereocenters. The van der Waals surface area contributed by atoms with Gasteiger partial charge in [0, 0.05) is 11.8 Å². The zero-order chi connectivity index (χ0) is 16.6. The fourth-order valence-electron chi connectivity index (χ4n) is 2.84. The summed E-state index contributed by atoms with van der Waals surface area (Å²) < 4.78 is 1.45. The summed E-state index contributed by atoms with van der Waals surface area (Å²) in [6.45, 7) is 3.66. The quantitative estimate of drug-likeness (QED) is 0.836. The molecule has 6 heteroatoms. The standard InChI is InChI=1S/C17H17N3O3/c1-11-5-3-7-13(9-11)17(15(22)18-16(23)19-17)10-20-8-4-6-12(2)14(20)21/h3-9H,10H2,1-2H3,(H2,18,19,22,23). The smallest absolute Gasteiger partial charge is 0.318 e. The van der Waals surface area contributed by atoms with Gasteiger partial charge < -0.3 is 9.88 Å². The van der Waals surface area contributed by atoms with E-state index >= 15 is 0 Å². The second kappa shape index (κ2) is 5.39. The number of nitrogens with one attached hydrogen (secondary N) is 2. The fraction of sp³-hybridized carbons (Fsp3) is 0.235. The van der Waals surface area contributed by atoms with Crippen LogP contribution in [0.2, 0.25) is 0 Å². The summed E-state index contributed by atoms with van der Waals surface area (Å²) in [6.07, 6.45) is 1.62. The van der Waals surface area contributed by atoms with E-state index in [9.17, 15) is 14.4 Å². The maximum Gasteiger partial charge on any atom is 0.322 e. The number of hydrogen-bond acceptors (Lipinski definition) is 3. The second-order valence-electron chi connectivity index (χ2n) is 5.81. The highest BCUT2D eigenvalue weighted by atomic mass is 16.2. The fourth-order valence-corrected chi connectivity index (χ4v) is 2.84. The molecule has 1 aliphatic rings. The van der Waals surface area contributed by atoms with Gasteiger partial charge >= 0.3 is 6.03 Å². The van der Waals surface area contributed by atoms with Gasteiger partial charge in [0.25, 0.3) is 11.5 Å². The molecule has 0 aliphatic carbocycles. The molecule has 1 fully saturated rings. The van der Waals surface area contributed by atoms with Crippen molar-refractivity contribution in [3.05, 3.63) is 69.6 Å². The average Bonchev–Trinajstić information content (AvgIpc) is 2.79. The first-order valence-electron chi connectivity index (χ1n) is 7.29. The molecule has 3 rings (SSSR count). The summed E-state index contributed by atoms with van der Waals surface area (Å²) in [5.74, 6) is -0.457. The molecule has 1 unspecified atom stereocenters. The first kappa shape index (κ1) is 15.0. The third kappa shape index (κ3) is 2.52. The van der Waals surface area contributed by atoms with Crippen LogP contribution in [-0.4, -0.2) is 16.5 Å². The molecule has 118 valence electrons. The van der Waals surface area contributed by atoms with Gasteiger partial charge in [0.05, 0.1) is 6.54 Å². The number of pyridine rings is 1. The van der Waals surface area contributed by atoms with Crippen molar-refractivity contribution in [3.8, 4) is 0 Å². The van der Waals surface area contributed by atoms with Gasteiger partial charge in [-0.05, 0) is 25.5 Å². The summed E-state index contributed by atoms with van der Waals surface area (Å²) in [6, 6.07) is 10.2. The van der Waals surface area contributed by atoms with Gasteiger partial charge in [-0.3, -0.25) is 14.9 Å². The lowest BCUT2D eigenvalue weighted by molar-refractivity contribution is -0.124. The van der Waals surface area contributed by atoms with E-state index < -0.39 is 17.5 Å². The van der Waals surface area contributed by atoms with Crippen molar-refractivity contribution in [1.29, 1.82) is 0 Å². The molecule has 1 aliphatic heterocycles. The summed E-state index contributed by atoms with van der Waals surface area (Å²) in [5.41, 5.74) is 0.715. The number of hydrogen-bond donors (Lipinski definition) is 2. The lowest BCUT2D eigenvalue weighted by Crippen LogP contribution is -2.49. The Morgan fingerprint density at radius 2 is 1.87 bits per heavy atom. The summed E-state index contributed by atoms with van der Waals surface area (Å²) in [4.78, 5) is 36.6. The van der Waals surface area contributed by atoms with Gasteiger partial charge in [-0.1, -0.05) is 35.9 Å². The molecular formula is C17H17N3O3. The third-order valence-electron chi connectivity index (χ3n) is 4.07. The number of aromatic nitrogens is 1. The van der Waals surface area contributed by atoms with E-state index in [2.05, 4.69) is 10.6 Å². The van der Waals surface area contributed by atoms with Crippen molar-refractivity contribution >= 4 is 11.9 Å². The predicted molar refractivity (Wildman–Crippen MR) is 85.0 cm³/mol. The zero-order valence-electron chi connectivity index (χ0n) is 12.9. The van der Waals surface area contributed by atoms with Crippen LogP contribution in [0.4, 0.5) is 4.79 Å². The molecule has 2 N–H and O–H groups in total. The number of benzene rings is 1. The van der Waals surface area contributed by atoms with E-state index in [0.29, 0.717) is 11.1 Å². The minimum atomic E-state index is -1.29. The Morgan fingerprint density at radius 3 is 2.52 bits per heavy atom. The highest BCUT2D eigenvalue weighted by Gasteiger charge is 2.48. The average molecular weight is 311 g/mol. The Balaban J connectivity index is 2.14. The van der Waals surface area contributed by atoms with E-state index in [1.807, 2.05) is 25.1 Å². The van der Waals surface area contributed by atoms with Crippen molar-refractivity contribution in [1.82, 2.24) is 15.2 Å². The molecule has 3 amide bonds. The lowest BCUT2D eigenvalue weighted by Gasteiger charge is -2.27. The lowest BCUT2D eigenvalue weighted by atomic mass is 9.88. The molecule has 2 heterocycles. The number of nitrogens with zero attached hydrogens (tertiary/aromatic N) is 1. The van der Waals surface area contributed by atoms with Crippen LogP contribution >= 0.6 is 0 Å². The number of rotatable bonds is 3. The van der Waals surface area contributed by atoms with Crippen molar-refractivity contribution in [3.63, 3.8) is 0 Å². The van der Waals surface area contributed by atoms with Crippen LogP contribution in [0, 0.1) is 13.8 Å². The van der Waals surface area contributed by atoms with Gasteiger partial charge in [0.15, 0.2) is 5.54 Å². The maximum absolute atomic E-state index is 12.5. The number of imide groups is 1. The highest BCUT2D eigenvalue weighted by Crippen LogP contribution is 2.27. The van der Waals surface area contributed by atoms with E-state index in [1.165, 1.54) is 4.57 Å². The Hall–Kier alpha value is -2.89. The number of urea groups is 1. The number of amides is 3. The molecule has 1 aromatic heterocycles. The van der Waals surface area contributed by atoms with Gasteiger partial charge in [-0.2, -0.15) is 0 Å². The number of carbonyl (C=O) groups excluding carboxylic acids is 2. The van der Waals surface area contributed by atoms with Crippen LogP contribution in [0.1, 0.15) is 16.7 Å². The van der Waals surface area contributed by atoms with Crippen LogP contribution in [0.3, 0.4) is 0 Å². The van der Waals surface area contributed by atoms with Crippen LogP contribution in [0.25, 0.3) is 0 Å². The Labute approximate surface area is 133 Å². The molecule has 0 spiro atoms. The Bertz CT molecular complexity index is 856. The minimum Gasteiger partial charge on any atom is -0.318 e. The molecule has 1 saturated heterocycles. The normalized spacial score (nSPS) is 20.3. The molecule has 2 aromatic rings. The van der Waals surface area contributed by atoms with Crippen LogP contribution in [0.5, 0.6) is 0 Å². The molecule has 23 heavy (non-hydrogen) atoms. The van der Waals surface area contributed by atoms with Crippen LogP contribution in [0.15, 0.2) is 47.4 Å². The molecular weight excluding hydrogens is 294 g/mol. The van der Waals surface area contributed by atoms with E-state index in [1.54, 1.807) is 31.3 Å².